The summed E-state index contributed by atoms with van der Waals surface area (Å²) in [7, 11) is 0. The first kappa shape index (κ1) is 12.3. The zero-order valence-electron chi connectivity index (χ0n) is 8.58. The molecule has 0 aromatic heterocycles. The molecule has 0 saturated heterocycles. The van der Waals surface area contributed by atoms with Crippen LogP contribution in [0, 0.1) is 5.82 Å². The number of halogens is 3. The molecule has 0 saturated carbocycles. The van der Waals surface area contributed by atoms with E-state index < -0.39 is 11.6 Å². The number of carbonyl (C=O) groups is 1. The predicted octanol–water partition coefficient (Wildman–Crippen LogP) is 4.47. The van der Waals surface area contributed by atoms with Gasteiger partial charge in [-0.25, -0.2) is 4.39 Å². The van der Waals surface area contributed by atoms with E-state index in [1.54, 1.807) is 36.4 Å². The third kappa shape index (κ3) is 2.40. The molecule has 0 bridgehead atoms. The summed E-state index contributed by atoms with van der Waals surface area (Å²) in [5.74, 6) is -0.994. The van der Waals surface area contributed by atoms with Crippen LogP contribution in [0.2, 0.25) is 5.02 Å². The summed E-state index contributed by atoms with van der Waals surface area (Å²) >= 11 is 8.95. The van der Waals surface area contributed by atoms with Gasteiger partial charge in [0.05, 0.1) is 15.1 Å². The number of rotatable bonds is 2. The molecule has 4 heteroatoms. The molecule has 2 aromatic carbocycles. The van der Waals surface area contributed by atoms with Gasteiger partial charge in [0.2, 0.25) is 0 Å². The second-order valence-corrected chi connectivity index (χ2v) is 4.67. The lowest BCUT2D eigenvalue weighted by molar-refractivity contribution is 0.103. The van der Waals surface area contributed by atoms with Crippen LogP contribution in [0.5, 0.6) is 0 Å². The Balaban J connectivity index is 2.52. The van der Waals surface area contributed by atoms with Gasteiger partial charge < -0.3 is 0 Å². The summed E-state index contributed by atoms with van der Waals surface area (Å²) in [6.07, 6.45) is 0. The van der Waals surface area contributed by atoms with E-state index in [-0.39, 0.29) is 10.0 Å². The SMILES string of the molecule is O=C(c1ccccc1Cl)c1cccc(Br)c1F. The molecule has 0 amide bonds. The van der Waals surface area contributed by atoms with Crippen LogP contribution in [0.25, 0.3) is 0 Å². The smallest absolute Gasteiger partial charge is 0.197 e. The van der Waals surface area contributed by atoms with Crippen molar-refractivity contribution in [3.63, 3.8) is 0 Å². The van der Waals surface area contributed by atoms with Crippen LogP contribution in [-0.2, 0) is 0 Å². The molecule has 0 fully saturated rings. The van der Waals surface area contributed by atoms with E-state index in [4.69, 9.17) is 11.6 Å². The van der Waals surface area contributed by atoms with E-state index in [0.717, 1.165) is 0 Å². The maximum Gasteiger partial charge on any atom is 0.197 e. The van der Waals surface area contributed by atoms with Crippen molar-refractivity contribution in [1.29, 1.82) is 0 Å². The molecule has 0 atom stereocenters. The maximum absolute atomic E-state index is 13.8. The van der Waals surface area contributed by atoms with Gasteiger partial charge >= 0.3 is 0 Å². The third-order valence-corrected chi connectivity index (χ3v) is 3.26. The van der Waals surface area contributed by atoms with Gasteiger partial charge in [0.15, 0.2) is 5.78 Å². The molecule has 0 radical (unpaired) electrons. The number of hydrogen-bond acceptors (Lipinski definition) is 1. The summed E-state index contributed by atoms with van der Waals surface area (Å²) in [5.41, 5.74) is 0.304. The number of ketones is 1. The lowest BCUT2D eigenvalue weighted by atomic mass is 10.0. The predicted molar refractivity (Wildman–Crippen MR) is 69.0 cm³/mol. The lowest BCUT2D eigenvalue weighted by Gasteiger charge is -2.05. The van der Waals surface area contributed by atoms with E-state index in [0.29, 0.717) is 10.6 Å². The Hall–Kier alpha value is -1.19. The van der Waals surface area contributed by atoms with E-state index >= 15 is 0 Å². The molecule has 0 aliphatic carbocycles. The van der Waals surface area contributed by atoms with Crippen LogP contribution in [0.3, 0.4) is 0 Å². The first-order chi connectivity index (χ1) is 8.11. The van der Waals surface area contributed by atoms with Crippen molar-refractivity contribution in [2.24, 2.45) is 0 Å². The van der Waals surface area contributed by atoms with Crippen molar-refractivity contribution in [2.45, 2.75) is 0 Å². The highest BCUT2D eigenvalue weighted by molar-refractivity contribution is 9.10. The van der Waals surface area contributed by atoms with Crippen molar-refractivity contribution in [2.75, 3.05) is 0 Å². The Morgan fingerprint density at radius 1 is 1.06 bits per heavy atom. The Morgan fingerprint density at radius 2 is 1.71 bits per heavy atom. The summed E-state index contributed by atoms with van der Waals surface area (Å²) in [6.45, 7) is 0. The Kier molecular flexibility index (Phi) is 3.60. The molecule has 2 rings (SSSR count). The highest BCUT2D eigenvalue weighted by Crippen LogP contribution is 2.24. The van der Waals surface area contributed by atoms with Gasteiger partial charge in [-0.15, -0.1) is 0 Å². The highest BCUT2D eigenvalue weighted by Gasteiger charge is 2.17. The van der Waals surface area contributed by atoms with Crippen LogP contribution >= 0.6 is 27.5 Å². The molecule has 17 heavy (non-hydrogen) atoms. The Bertz CT molecular complexity index is 583. The lowest BCUT2D eigenvalue weighted by Crippen LogP contribution is -2.05. The zero-order valence-corrected chi connectivity index (χ0v) is 10.9. The van der Waals surface area contributed by atoms with Gasteiger partial charge in [-0.05, 0) is 40.2 Å². The minimum absolute atomic E-state index is 0.00692. The quantitative estimate of drug-likeness (QED) is 0.748. The molecular formula is C13H7BrClFO. The number of hydrogen-bond donors (Lipinski definition) is 0. The van der Waals surface area contributed by atoms with Crippen LogP contribution < -0.4 is 0 Å². The van der Waals surface area contributed by atoms with Gasteiger partial charge in [-0.3, -0.25) is 4.79 Å². The molecule has 1 nitrogen and oxygen atoms in total. The number of carbonyl (C=O) groups excluding carboxylic acids is 1. The fourth-order valence-corrected chi connectivity index (χ4v) is 2.06. The zero-order chi connectivity index (χ0) is 12.4. The molecule has 0 aliphatic heterocycles. The van der Waals surface area contributed by atoms with E-state index in [9.17, 15) is 9.18 Å². The van der Waals surface area contributed by atoms with Crippen LogP contribution in [0.1, 0.15) is 15.9 Å². The summed E-state index contributed by atoms with van der Waals surface area (Å²) < 4.78 is 14.0. The first-order valence-electron chi connectivity index (χ1n) is 4.84. The standard InChI is InChI=1S/C13H7BrClFO/c14-10-6-3-5-9(12(10)16)13(17)8-4-1-2-7-11(8)15/h1-7H. The van der Waals surface area contributed by atoms with Crippen molar-refractivity contribution in [1.82, 2.24) is 0 Å². The van der Waals surface area contributed by atoms with Crippen molar-refractivity contribution in [3.8, 4) is 0 Å². The van der Waals surface area contributed by atoms with Crippen molar-refractivity contribution < 1.29 is 9.18 Å². The minimum Gasteiger partial charge on any atom is -0.288 e. The van der Waals surface area contributed by atoms with Gasteiger partial charge in [0.25, 0.3) is 0 Å². The molecule has 86 valence electrons. The topological polar surface area (TPSA) is 17.1 Å². The van der Waals surface area contributed by atoms with E-state index in [1.165, 1.54) is 6.07 Å². The molecule has 0 aliphatic rings. The van der Waals surface area contributed by atoms with Gasteiger partial charge in [-0.2, -0.15) is 0 Å². The van der Waals surface area contributed by atoms with Gasteiger partial charge in [0.1, 0.15) is 5.82 Å². The maximum atomic E-state index is 13.8. The molecule has 0 unspecified atom stereocenters. The average molecular weight is 314 g/mol. The fraction of sp³-hybridized carbons (Fsp3) is 0. The van der Waals surface area contributed by atoms with Gasteiger partial charge in [-0.1, -0.05) is 29.8 Å². The van der Waals surface area contributed by atoms with Crippen LogP contribution in [0.4, 0.5) is 4.39 Å². The second-order valence-electron chi connectivity index (χ2n) is 3.41. The van der Waals surface area contributed by atoms with Crippen LogP contribution in [0.15, 0.2) is 46.9 Å². The summed E-state index contributed by atoms with van der Waals surface area (Å²) in [6, 6.07) is 11.2. The Morgan fingerprint density at radius 3 is 2.41 bits per heavy atom. The average Bonchev–Trinajstić information content (AvgIpc) is 2.32. The summed E-state index contributed by atoms with van der Waals surface area (Å²) in [5, 5.41) is 0.317. The molecule has 2 aromatic rings. The summed E-state index contributed by atoms with van der Waals surface area (Å²) in [4.78, 5) is 12.1. The monoisotopic (exact) mass is 312 g/mol. The number of benzene rings is 2. The molecule has 0 heterocycles. The molecule has 0 N–H and O–H groups in total. The van der Waals surface area contributed by atoms with E-state index in [2.05, 4.69) is 15.9 Å². The Labute approximate surface area is 111 Å². The fourth-order valence-electron chi connectivity index (χ4n) is 1.47. The van der Waals surface area contributed by atoms with Gasteiger partial charge in [0, 0.05) is 5.56 Å². The third-order valence-electron chi connectivity index (χ3n) is 2.31. The normalized spacial score (nSPS) is 10.3. The van der Waals surface area contributed by atoms with Crippen molar-refractivity contribution >= 4 is 33.3 Å². The molecular weight excluding hydrogens is 306 g/mol. The van der Waals surface area contributed by atoms with Crippen molar-refractivity contribution in [3.05, 3.63) is 68.9 Å². The molecule has 0 spiro atoms. The van der Waals surface area contributed by atoms with E-state index in [1.807, 2.05) is 0 Å². The minimum atomic E-state index is -0.572. The highest BCUT2D eigenvalue weighted by atomic mass is 79.9. The van der Waals surface area contributed by atoms with Crippen LogP contribution in [-0.4, -0.2) is 5.78 Å². The second kappa shape index (κ2) is 4.98. The largest absolute Gasteiger partial charge is 0.288 e. The first-order valence-corrected chi connectivity index (χ1v) is 6.01.